The summed E-state index contributed by atoms with van der Waals surface area (Å²) in [4.78, 5) is 56.1. The maximum atomic E-state index is 14.1. The SMILES string of the molecule is C/C1=C\C=C\[C@@H](CO)[C@@]2(O)C[C@H](OC(=O)N2)[C@@H](C)[C@@H]2O[C@@]2(C)[C@@H](OC(=O)[C@@H](C)N(C)C(=O)CSC(C)C)CC(=O)N(C)c2cc(cc(CO)c2Cl)C1. The van der Waals surface area contributed by atoms with Gasteiger partial charge in [-0.2, -0.15) is 0 Å². The highest BCUT2D eigenvalue weighted by Crippen LogP contribution is 2.49. The number of hydrogen-bond acceptors (Lipinski definition) is 11. The van der Waals surface area contributed by atoms with Gasteiger partial charge in [0.1, 0.15) is 23.9 Å². The summed E-state index contributed by atoms with van der Waals surface area (Å²) in [6.07, 6.45) is 1.50. The van der Waals surface area contributed by atoms with Gasteiger partial charge in [0, 0.05) is 32.4 Å². The molecule has 0 aromatic heterocycles. The molecule has 1 aromatic carbocycles. The number of alkyl carbamates (subject to hydrolysis) is 1. The van der Waals surface area contributed by atoms with Crippen molar-refractivity contribution in [2.24, 2.45) is 11.8 Å². The van der Waals surface area contributed by atoms with Crippen LogP contribution in [0.5, 0.6) is 0 Å². The second-order valence-corrected chi connectivity index (χ2v) is 16.5. The van der Waals surface area contributed by atoms with Crippen molar-refractivity contribution in [2.45, 2.75) is 108 Å². The number of allylic oxidation sites excluding steroid dienone is 3. The number of epoxide rings is 1. The van der Waals surface area contributed by atoms with E-state index in [0.717, 1.165) is 11.1 Å². The van der Waals surface area contributed by atoms with Crippen molar-refractivity contribution in [1.82, 2.24) is 10.2 Å². The van der Waals surface area contributed by atoms with Gasteiger partial charge in [0.25, 0.3) is 0 Å². The highest BCUT2D eigenvalue weighted by Gasteiger charge is 2.64. The van der Waals surface area contributed by atoms with Crippen LogP contribution in [-0.4, -0.2) is 111 Å². The second-order valence-electron chi connectivity index (χ2n) is 14.5. The number of aliphatic hydroxyl groups excluding tert-OH is 2. The van der Waals surface area contributed by atoms with E-state index in [2.05, 4.69) is 5.32 Å². The molecule has 0 spiro atoms. The van der Waals surface area contributed by atoms with E-state index < -0.39 is 72.1 Å². The molecular formula is C37H52ClN3O10S. The molecule has 2 saturated heterocycles. The van der Waals surface area contributed by atoms with Crippen LogP contribution < -0.4 is 10.2 Å². The molecule has 3 heterocycles. The number of rotatable bonds is 8. The summed E-state index contributed by atoms with van der Waals surface area (Å²) < 4.78 is 17.9. The van der Waals surface area contributed by atoms with Gasteiger partial charge in [0.15, 0.2) is 5.72 Å². The summed E-state index contributed by atoms with van der Waals surface area (Å²) in [6, 6.07) is 2.52. The van der Waals surface area contributed by atoms with Crippen molar-refractivity contribution in [3.05, 3.63) is 52.1 Å². The number of nitrogens with zero attached hydrogens (tertiary/aromatic N) is 2. The van der Waals surface area contributed by atoms with Crippen LogP contribution >= 0.6 is 23.4 Å². The lowest BCUT2D eigenvalue weighted by molar-refractivity contribution is -0.161. The van der Waals surface area contributed by atoms with Gasteiger partial charge in [-0.15, -0.1) is 11.8 Å². The molecule has 0 aliphatic carbocycles. The minimum atomic E-state index is -1.86. The van der Waals surface area contributed by atoms with E-state index in [1.54, 1.807) is 58.2 Å². The first kappa shape index (κ1) is 41.6. The van der Waals surface area contributed by atoms with Crippen molar-refractivity contribution in [1.29, 1.82) is 0 Å². The number of ether oxygens (including phenoxy) is 3. The van der Waals surface area contributed by atoms with Crippen molar-refractivity contribution in [2.75, 3.05) is 31.4 Å². The number of nitrogens with one attached hydrogen (secondary N) is 1. The average Bonchev–Trinajstić information content (AvgIpc) is 3.79. The Kier molecular flexibility index (Phi) is 13.5. The minimum absolute atomic E-state index is 0.0904. The van der Waals surface area contributed by atoms with Crippen molar-refractivity contribution >= 4 is 52.9 Å². The van der Waals surface area contributed by atoms with Gasteiger partial charge in [0.2, 0.25) is 11.8 Å². The Bertz CT molecular complexity index is 1590. The topological polar surface area (TPSA) is 178 Å². The largest absolute Gasteiger partial charge is 0.457 e. The van der Waals surface area contributed by atoms with Crippen LogP contribution in [0.25, 0.3) is 0 Å². The van der Waals surface area contributed by atoms with Gasteiger partial charge in [-0.1, -0.05) is 62.2 Å². The van der Waals surface area contributed by atoms with Crippen molar-refractivity contribution in [3.8, 4) is 0 Å². The van der Waals surface area contributed by atoms with Gasteiger partial charge in [-0.3, -0.25) is 14.9 Å². The van der Waals surface area contributed by atoms with Crippen molar-refractivity contribution in [3.63, 3.8) is 0 Å². The molecule has 13 nitrogen and oxygen atoms in total. The first-order valence-corrected chi connectivity index (χ1v) is 18.9. The van der Waals surface area contributed by atoms with E-state index in [9.17, 15) is 34.5 Å². The molecule has 52 heavy (non-hydrogen) atoms. The highest BCUT2D eigenvalue weighted by atomic mass is 35.5. The van der Waals surface area contributed by atoms with E-state index in [4.69, 9.17) is 25.8 Å². The monoisotopic (exact) mass is 765 g/mol. The minimum Gasteiger partial charge on any atom is -0.457 e. The lowest BCUT2D eigenvalue weighted by atomic mass is 9.81. The Labute approximate surface area is 314 Å². The molecule has 8 atom stereocenters. The number of thioether (sulfide) groups is 1. The van der Waals surface area contributed by atoms with E-state index >= 15 is 0 Å². The maximum absolute atomic E-state index is 14.1. The smallest absolute Gasteiger partial charge is 0.409 e. The zero-order valence-electron chi connectivity index (χ0n) is 31.1. The number of esters is 1. The lowest BCUT2D eigenvalue weighted by Gasteiger charge is -2.42. The molecule has 0 saturated carbocycles. The third kappa shape index (κ3) is 9.31. The number of fused-ring (bicyclic) bond motifs is 5. The molecular weight excluding hydrogens is 714 g/mol. The first-order valence-electron chi connectivity index (χ1n) is 17.4. The quantitative estimate of drug-likeness (QED) is 0.224. The van der Waals surface area contributed by atoms with E-state index in [1.165, 1.54) is 28.6 Å². The Morgan fingerprint density at radius 1 is 1.23 bits per heavy atom. The number of halogens is 1. The number of amides is 3. The Morgan fingerprint density at radius 3 is 2.56 bits per heavy atom. The summed E-state index contributed by atoms with van der Waals surface area (Å²) in [5.41, 5.74) is -0.696. The molecule has 15 heteroatoms. The van der Waals surface area contributed by atoms with Gasteiger partial charge in [-0.25, -0.2) is 9.59 Å². The highest BCUT2D eigenvalue weighted by molar-refractivity contribution is 8.00. The molecule has 4 bridgehead atoms. The molecule has 3 amide bonds. The van der Waals surface area contributed by atoms with Gasteiger partial charge in [-0.05, 0) is 49.6 Å². The number of likely N-dealkylation sites (N-methyl/N-ethyl adjacent to an activating group) is 1. The molecule has 2 fully saturated rings. The van der Waals surface area contributed by atoms with E-state index in [0.29, 0.717) is 17.7 Å². The second kappa shape index (κ2) is 16.9. The molecule has 3 aliphatic heterocycles. The Balaban J connectivity index is 1.75. The molecule has 4 N–H and O–H groups in total. The number of anilines is 1. The molecule has 1 aromatic rings. The van der Waals surface area contributed by atoms with Crippen LogP contribution in [0.15, 0.2) is 35.9 Å². The molecule has 3 aliphatic rings. The van der Waals surface area contributed by atoms with Crippen LogP contribution in [0.1, 0.15) is 65.5 Å². The molecule has 0 unspecified atom stereocenters. The number of benzene rings is 1. The first-order chi connectivity index (χ1) is 24.3. The maximum Gasteiger partial charge on any atom is 0.409 e. The zero-order valence-corrected chi connectivity index (χ0v) is 32.6. The summed E-state index contributed by atoms with van der Waals surface area (Å²) in [6.45, 7) is 9.99. The van der Waals surface area contributed by atoms with Gasteiger partial charge in [0.05, 0.1) is 42.2 Å². The third-order valence-electron chi connectivity index (χ3n) is 10.3. The standard InChI is InChI=1S/C37H52ClN3O10S/c1-20(2)52-19-31(45)40(7)23(5)34(46)50-29-15-30(44)41(8)27-14-24(13-25(17-42)32(27)38)12-21(3)10-9-11-26(18-43)37(48)16-28(49-35(47)39-37)22(4)33-36(29,6)51-33/h9-11,13-14,20,22-23,26,28-29,33,42-43,48H,12,15-19H2,1-8H3,(H,39,47)/b11-9+,21-10+/t22-,23-,26+,28+,29+,33+,36+,37+/m1/s1. The Morgan fingerprint density at radius 2 is 1.92 bits per heavy atom. The fraction of sp³-hybridized carbons (Fsp3) is 0.622. The van der Waals surface area contributed by atoms with Crippen LogP contribution in [0.4, 0.5) is 10.5 Å². The predicted molar refractivity (Wildman–Crippen MR) is 198 cm³/mol. The van der Waals surface area contributed by atoms with E-state index in [1.807, 2.05) is 20.8 Å². The van der Waals surface area contributed by atoms with Crippen molar-refractivity contribution < 1.29 is 48.7 Å². The lowest BCUT2D eigenvalue weighted by Crippen LogP contribution is -2.62. The normalized spacial score (nSPS) is 31.8. The molecule has 288 valence electrons. The summed E-state index contributed by atoms with van der Waals surface area (Å²) >= 11 is 8.16. The molecule has 4 rings (SSSR count). The van der Waals surface area contributed by atoms with Gasteiger partial charge >= 0.3 is 12.1 Å². The number of hydrogen-bond donors (Lipinski definition) is 4. The third-order valence-corrected chi connectivity index (χ3v) is 11.8. The average molecular weight is 766 g/mol. The van der Waals surface area contributed by atoms with Crippen LogP contribution in [0.2, 0.25) is 5.02 Å². The number of aliphatic hydroxyl groups is 3. The summed E-state index contributed by atoms with van der Waals surface area (Å²) in [5, 5.41) is 35.0. The van der Waals surface area contributed by atoms with Gasteiger partial charge < -0.3 is 39.3 Å². The molecule has 0 radical (unpaired) electrons. The summed E-state index contributed by atoms with van der Waals surface area (Å²) in [5.74, 6) is -2.73. The van der Waals surface area contributed by atoms with Crippen LogP contribution in [0, 0.1) is 11.8 Å². The Hall–Kier alpha value is -3.14. The fourth-order valence-corrected chi connectivity index (χ4v) is 7.62. The zero-order chi connectivity index (χ0) is 38.7. The number of carbonyl (C=O) groups is 4. The summed E-state index contributed by atoms with van der Waals surface area (Å²) in [7, 11) is 3.07. The predicted octanol–water partition coefficient (Wildman–Crippen LogP) is 3.73. The van der Waals surface area contributed by atoms with Crippen LogP contribution in [0.3, 0.4) is 0 Å². The number of carbonyl (C=O) groups excluding carboxylic acids is 4. The van der Waals surface area contributed by atoms with E-state index in [-0.39, 0.29) is 41.4 Å². The fourth-order valence-electron chi connectivity index (χ4n) is 6.65. The van der Waals surface area contributed by atoms with Crippen LogP contribution in [-0.2, 0) is 41.6 Å².